The number of halogens is 1. The summed E-state index contributed by atoms with van der Waals surface area (Å²) in [6, 6.07) is 0. The standard InChI is InChI=1S/C10H24N3.HI/c1-7-8-9-13(6)10(11(2)3)12(4)5;/h7-9H2,1-6H3;1H/q+1;/p-1. The first-order valence-corrected chi connectivity index (χ1v) is 4.93. The van der Waals surface area contributed by atoms with Crippen LogP contribution in [0.1, 0.15) is 19.8 Å². The van der Waals surface area contributed by atoms with E-state index in [0.29, 0.717) is 0 Å². The van der Waals surface area contributed by atoms with E-state index in [1.807, 2.05) is 0 Å². The molecule has 0 rings (SSSR count). The molecule has 0 fully saturated rings. The third-order valence-corrected chi connectivity index (χ3v) is 1.99. The van der Waals surface area contributed by atoms with Crippen molar-refractivity contribution in [1.82, 2.24) is 9.80 Å². The Hall–Kier alpha value is 0. The lowest BCUT2D eigenvalue weighted by atomic mass is 10.3. The molecule has 4 heteroatoms. The van der Waals surface area contributed by atoms with Crippen LogP contribution in [0.2, 0.25) is 0 Å². The smallest absolute Gasteiger partial charge is 0.349 e. The van der Waals surface area contributed by atoms with Gasteiger partial charge in [-0.1, -0.05) is 13.3 Å². The van der Waals surface area contributed by atoms with Gasteiger partial charge in [0.25, 0.3) is 0 Å². The molecule has 0 aromatic heterocycles. The van der Waals surface area contributed by atoms with Crippen molar-refractivity contribution >= 4 is 5.96 Å². The zero-order valence-corrected chi connectivity index (χ0v) is 12.5. The quantitative estimate of drug-likeness (QED) is 0.256. The molecule has 0 atom stereocenters. The Morgan fingerprint density at radius 3 is 1.93 bits per heavy atom. The molecule has 0 amide bonds. The van der Waals surface area contributed by atoms with Crippen LogP contribution in [0.4, 0.5) is 0 Å². The van der Waals surface area contributed by atoms with Gasteiger partial charge >= 0.3 is 5.96 Å². The van der Waals surface area contributed by atoms with Gasteiger partial charge in [0.15, 0.2) is 0 Å². The van der Waals surface area contributed by atoms with Gasteiger partial charge in [-0.25, -0.2) is 0 Å². The fourth-order valence-electron chi connectivity index (χ4n) is 1.58. The molecule has 0 aliphatic carbocycles. The summed E-state index contributed by atoms with van der Waals surface area (Å²) in [5.41, 5.74) is 0. The second-order valence-electron chi connectivity index (χ2n) is 3.86. The first-order valence-electron chi connectivity index (χ1n) is 4.93. The van der Waals surface area contributed by atoms with Crippen LogP contribution in [-0.4, -0.2) is 62.1 Å². The van der Waals surface area contributed by atoms with Gasteiger partial charge in [-0.15, -0.1) is 0 Å². The van der Waals surface area contributed by atoms with Crippen molar-refractivity contribution in [1.29, 1.82) is 0 Å². The van der Waals surface area contributed by atoms with E-state index in [4.69, 9.17) is 0 Å². The molecule has 3 nitrogen and oxygen atoms in total. The second-order valence-corrected chi connectivity index (χ2v) is 3.86. The van der Waals surface area contributed by atoms with Crippen LogP contribution in [0.25, 0.3) is 0 Å². The van der Waals surface area contributed by atoms with E-state index in [2.05, 4.69) is 56.5 Å². The minimum atomic E-state index is 0. The summed E-state index contributed by atoms with van der Waals surface area (Å²) in [5.74, 6) is 1.26. The van der Waals surface area contributed by atoms with E-state index < -0.39 is 0 Å². The first kappa shape index (κ1) is 16.4. The van der Waals surface area contributed by atoms with Crippen LogP contribution in [-0.2, 0) is 0 Å². The van der Waals surface area contributed by atoms with Gasteiger partial charge in [-0.2, -0.15) is 0 Å². The van der Waals surface area contributed by atoms with Crippen molar-refractivity contribution in [2.45, 2.75) is 19.8 Å². The summed E-state index contributed by atoms with van der Waals surface area (Å²) in [4.78, 5) is 4.44. The molecule has 0 aromatic carbocycles. The van der Waals surface area contributed by atoms with Gasteiger partial charge in [0, 0.05) is 0 Å². The fourth-order valence-corrected chi connectivity index (χ4v) is 1.58. The molecule has 0 aliphatic heterocycles. The zero-order valence-electron chi connectivity index (χ0n) is 10.3. The molecule has 0 aliphatic rings. The van der Waals surface area contributed by atoms with E-state index in [1.54, 1.807) is 0 Å². The first-order chi connectivity index (χ1) is 6.00. The Bertz CT molecular complexity index is 174. The van der Waals surface area contributed by atoms with E-state index >= 15 is 0 Å². The molecule has 0 bridgehead atoms. The summed E-state index contributed by atoms with van der Waals surface area (Å²) in [7, 11) is 10.5. The molecule has 0 N–H and O–H groups in total. The number of nitrogens with zero attached hydrogens (tertiary/aromatic N) is 3. The minimum Gasteiger partial charge on any atom is -1.00 e. The zero-order chi connectivity index (χ0) is 10.4. The highest BCUT2D eigenvalue weighted by atomic mass is 127. The third kappa shape index (κ3) is 5.67. The molecular weight excluding hydrogens is 289 g/mol. The van der Waals surface area contributed by atoms with Crippen LogP contribution in [0.5, 0.6) is 0 Å². The Labute approximate surface area is 106 Å². The maximum Gasteiger partial charge on any atom is 0.349 e. The summed E-state index contributed by atoms with van der Waals surface area (Å²) in [6.07, 6.45) is 2.50. The van der Waals surface area contributed by atoms with Crippen molar-refractivity contribution in [3.05, 3.63) is 0 Å². The van der Waals surface area contributed by atoms with Gasteiger partial charge in [0.05, 0.1) is 41.8 Å². The molecule has 0 spiro atoms. The third-order valence-electron chi connectivity index (χ3n) is 1.99. The van der Waals surface area contributed by atoms with Gasteiger partial charge in [0.2, 0.25) is 0 Å². The maximum absolute atomic E-state index is 2.30. The van der Waals surface area contributed by atoms with Crippen molar-refractivity contribution in [2.75, 3.05) is 41.8 Å². The molecule has 0 aromatic rings. The highest BCUT2D eigenvalue weighted by molar-refractivity contribution is 5.74. The minimum absolute atomic E-state index is 0. The summed E-state index contributed by atoms with van der Waals surface area (Å²) in [5, 5.41) is 0. The van der Waals surface area contributed by atoms with Crippen LogP contribution >= 0.6 is 0 Å². The Morgan fingerprint density at radius 1 is 1.14 bits per heavy atom. The molecule has 0 heterocycles. The lowest BCUT2D eigenvalue weighted by molar-refractivity contribution is -0.475. The maximum atomic E-state index is 2.30. The average Bonchev–Trinajstić information content (AvgIpc) is 1.99. The van der Waals surface area contributed by atoms with Gasteiger partial charge in [-0.3, -0.25) is 14.4 Å². The molecule has 0 unspecified atom stereocenters. The summed E-state index contributed by atoms with van der Waals surface area (Å²) in [6.45, 7) is 3.35. The Balaban J connectivity index is 0. The normalized spacial score (nSPS) is 9.00. The number of rotatable bonds is 3. The fraction of sp³-hybridized carbons (Fsp3) is 0.900. The predicted molar refractivity (Wildman–Crippen MR) is 58.3 cm³/mol. The van der Waals surface area contributed by atoms with Crippen LogP contribution in [0, 0.1) is 0 Å². The number of hydrogen-bond donors (Lipinski definition) is 0. The highest BCUT2D eigenvalue weighted by Gasteiger charge is 2.16. The monoisotopic (exact) mass is 313 g/mol. The Kier molecular flexibility index (Phi) is 9.76. The summed E-state index contributed by atoms with van der Waals surface area (Å²) >= 11 is 0. The van der Waals surface area contributed by atoms with Crippen LogP contribution in [0.3, 0.4) is 0 Å². The van der Waals surface area contributed by atoms with Crippen LogP contribution < -0.4 is 24.0 Å². The SMILES string of the molecule is CCCCN(C)C(N(C)C)=[N+](C)C.[I-]. The van der Waals surface area contributed by atoms with E-state index in [9.17, 15) is 0 Å². The van der Waals surface area contributed by atoms with Gasteiger partial charge < -0.3 is 24.0 Å². The Morgan fingerprint density at radius 2 is 1.64 bits per heavy atom. The van der Waals surface area contributed by atoms with Crippen LogP contribution in [0.15, 0.2) is 0 Å². The van der Waals surface area contributed by atoms with E-state index in [-0.39, 0.29) is 24.0 Å². The molecule has 0 saturated carbocycles. The number of unbranched alkanes of at least 4 members (excludes halogenated alkanes) is 1. The second kappa shape index (κ2) is 8.32. The lowest BCUT2D eigenvalue weighted by Gasteiger charge is -2.20. The predicted octanol–water partition coefficient (Wildman–Crippen LogP) is -2.09. The molecular formula is C10H24IN3. The largest absolute Gasteiger partial charge is 1.00 e. The van der Waals surface area contributed by atoms with Crippen molar-refractivity contribution in [3.63, 3.8) is 0 Å². The van der Waals surface area contributed by atoms with Crippen molar-refractivity contribution in [3.8, 4) is 0 Å². The average molecular weight is 313 g/mol. The topological polar surface area (TPSA) is 9.49 Å². The highest BCUT2D eigenvalue weighted by Crippen LogP contribution is 1.95. The summed E-state index contributed by atoms with van der Waals surface area (Å²) < 4.78 is 2.15. The van der Waals surface area contributed by atoms with Crippen molar-refractivity contribution in [2.24, 2.45) is 0 Å². The van der Waals surface area contributed by atoms with Gasteiger partial charge in [-0.05, 0) is 6.42 Å². The van der Waals surface area contributed by atoms with E-state index in [0.717, 1.165) is 6.54 Å². The van der Waals surface area contributed by atoms with Gasteiger partial charge in [0.1, 0.15) is 0 Å². The molecule has 14 heavy (non-hydrogen) atoms. The lowest BCUT2D eigenvalue weighted by Crippen LogP contribution is -3.00. The molecule has 86 valence electrons. The number of guanidine groups is 1. The molecule has 0 radical (unpaired) electrons. The molecule has 0 saturated heterocycles. The van der Waals surface area contributed by atoms with Crippen molar-refractivity contribution < 1.29 is 28.6 Å². The van der Waals surface area contributed by atoms with E-state index in [1.165, 1.54) is 18.8 Å². The number of hydrogen-bond acceptors (Lipinski definition) is 0.